The van der Waals surface area contributed by atoms with E-state index in [0.717, 1.165) is 38.3 Å². The van der Waals surface area contributed by atoms with E-state index >= 15 is 0 Å². The van der Waals surface area contributed by atoms with Crippen LogP contribution in [-0.4, -0.2) is 36.6 Å². The normalized spacial score (nSPS) is 17.5. The molecule has 6 nitrogen and oxygen atoms in total. The summed E-state index contributed by atoms with van der Waals surface area (Å²) < 4.78 is 2.91. The van der Waals surface area contributed by atoms with Crippen molar-refractivity contribution < 1.29 is 4.79 Å². The number of benzene rings is 1. The summed E-state index contributed by atoms with van der Waals surface area (Å²) in [5.74, 6) is 0.500. The first-order valence-corrected chi connectivity index (χ1v) is 11.6. The van der Waals surface area contributed by atoms with Gasteiger partial charge in [-0.1, -0.05) is 36.4 Å². The summed E-state index contributed by atoms with van der Waals surface area (Å²) in [4.78, 5) is 16.8. The van der Waals surface area contributed by atoms with E-state index in [4.69, 9.17) is 17.0 Å². The third-order valence-electron chi connectivity index (χ3n) is 4.89. The van der Waals surface area contributed by atoms with Crippen LogP contribution in [0.2, 0.25) is 5.02 Å². The highest BCUT2D eigenvalue weighted by atomic mass is 35.5. The first kappa shape index (κ1) is 21.0. The van der Waals surface area contributed by atoms with E-state index in [-0.39, 0.29) is 11.4 Å². The van der Waals surface area contributed by atoms with Gasteiger partial charge in [-0.15, -0.1) is 5.10 Å². The van der Waals surface area contributed by atoms with E-state index in [0.29, 0.717) is 10.2 Å². The highest BCUT2D eigenvalue weighted by molar-refractivity contribution is 8.45. The molecule has 0 aliphatic carbocycles. The second kappa shape index (κ2) is 8.09. The Morgan fingerprint density at radius 1 is 1.27 bits per heavy atom. The van der Waals surface area contributed by atoms with Gasteiger partial charge in [-0.2, -0.15) is 10.0 Å². The number of halogens is 1. The molecule has 4 rings (SSSR count). The highest BCUT2D eigenvalue weighted by Gasteiger charge is 2.35. The lowest BCUT2D eigenvalue weighted by molar-refractivity contribution is -0.114. The summed E-state index contributed by atoms with van der Waals surface area (Å²) in [5.41, 5.74) is 5.16. The molecule has 9 heteroatoms. The van der Waals surface area contributed by atoms with E-state index in [2.05, 4.69) is 14.7 Å². The smallest absolute Gasteiger partial charge is 0.283 e. The Morgan fingerprint density at radius 2 is 2.03 bits per heavy atom. The van der Waals surface area contributed by atoms with Gasteiger partial charge in [0, 0.05) is 22.1 Å². The average molecular weight is 458 g/mol. The maximum atomic E-state index is 12.7. The number of amides is 1. The number of nitrogens with zero attached hydrogens (tertiary/aromatic N) is 4. The van der Waals surface area contributed by atoms with Crippen LogP contribution < -0.4 is 0 Å². The van der Waals surface area contributed by atoms with Crippen molar-refractivity contribution in [2.45, 2.75) is 27.7 Å². The molecule has 0 atom stereocenters. The molecule has 0 radical (unpaired) electrons. The number of carbonyl (C=O) groups is 1. The van der Waals surface area contributed by atoms with Gasteiger partial charge in [0.05, 0.1) is 5.57 Å². The minimum absolute atomic E-state index is 0.0490. The topological polar surface area (TPSA) is 73.8 Å². The Bertz CT molecular complexity index is 1180. The SMILES string of the molecule is CCSC1=NN2C(=N)C(=Cc3cc(C)n(-c4cc(Cl)ccc4C)c3C)C(=O)N=C2S1. The lowest BCUT2D eigenvalue weighted by Gasteiger charge is -2.20. The first-order valence-electron chi connectivity index (χ1n) is 9.38. The van der Waals surface area contributed by atoms with Crippen molar-refractivity contribution in [3.05, 3.63) is 57.4 Å². The van der Waals surface area contributed by atoms with Crippen molar-refractivity contribution in [3.63, 3.8) is 0 Å². The molecule has 1 N–H and O–H groups in total. The lowest BCUT2D eigenvalue weighted by atomic mass is 10.1. The van der Waals surface area contributed by atoms with Gasteiger partial charge in [-0.25, -0.2) is 0 Å². The molecule has 1 aromatic carbocycles. The number of thioether (sulfide) groups is 2. The van der Waals surface area contributed by atoms with Crippen LogP contribution in [0.4, 0.5) is 0 Å². The summed E-state index contributed by atoms with van der Waals surface area (Å²) in [6.45, 7) is 8.07. The van der Waals surface area contributed by atoms with E-state index in [1.54, 1.807) is 17.8 Å². The zero-order chi connectivity index (χ0) is 21.6. The van der Waals surface area contributed by atoms with Crippen molar-refractivity contribution in [2.24, 2.45) is 10.1 Å². The fourth-order valence-electron chi connectivity index (χ4n) is 3.44. The molecular formula is C21H20ClN5OS2. The molecule has 2 aromatic rings. The highest BCUT2D eigenvalue weighted by Crippen LogP contribution is 2.33. The van der Waals surface area contributed by atoms with Crippen LogP contribution in [0.25, 0.3) is 11.8 Å². The quantitative estimate of drug-likeness (QED) is 0.627. The van der Waals surface area contributed by atoms with Crippen molar-refractivity contribution in [2.75, 3.05) is 5.75 Å². The number of aryl methyl sites for hydroxylation is 2. The largest absolute Gasteiger partial charge is 0.318 e. The van der Waals surface area contributed by atoms with Crippen LogP contribution in [-0.2, 0) is 4.79 Å². The number of hydrazone groups is 1. The third-order valence-corrected chi connectivity index (χ3v) is 7.04. The van der Waals surface area contributed by atoms with Crippen LogP contribution in [0.1, 0.15) is 29.4 Å². The summed E-state index contributed by atoms with van der Waals surface area (Å²) in [5, 5.41) is 15.5. The van der Waals surface area contributed by atoms with Crippen LogP contribution in [0.5, 0.6) is 0 Å². The van der Waals surface area contributed by atoms with E-state index < -0.39 is 5.91 Å². The lowest BCUT2D eigenvalue weighted by Crippen LogP contribution is -2.35. The predicted octanol–water partition coefficient (Wildman–Crippen LogP) is 5.39. The number of nitrogens with one attached hydrogen (secondary N) is 1. The van der Waals surface area contributed by atoms with Crippen molar-refractivity contribution in [1.29, 1.82) is 5.41 Å². The van der Waals surface area contributed by atoms with Gasteiger partial charge in [-0.3, -0.25) is 10.2 Å². The molecule has 0 saturated carbocycles. The molecule has 0 fully saturated rings. The molecule has 3 heterocycles. The molecule has 0 saturated heterocycles. The third kappa shape index (κ3) is 3.64. The van der Waals surface area contributed by atoms with Crippen molar-refractivity contribution >= 4 is 62.5 Å². The Kier molecular flexibility index (Phi) is 5.65. The summed E-state index contributed by atoms with van der Waals surface area (Å²) in [7, 11) is 0. The first-order chi connectivity index (χ1) is 14.3. The molecule has 154 valence electrons. The Balaban J connectivity index is 1.75. The second-order valence-corrected chi connectivity index (χ2v) is 9.82. The van der Waals surface area contributed by atoms with Gasteiger partial charge in [0.2, 0.25) is 5.17 Å². The fourth-order valence-corrected chi connectivity index (χ4v) is 5.43. The Labute approximate surface area is 188 Å². The van der Waals surface area contributed by atoms with Gasteiger partial charge in [0.25, 0.3) is 5.91 Å². The second-order valence-electron chi connectivity index (χ2n) is 6.91. The molecule has 0 bridgehead atoms. The van der Waals surface area contributed by atoms with E-state index in [1.807, 2.05) is 52.0 Å². The average Bonchev–Trinajstić information content (AvgIpc) is 3.21. The molecule has 30 heavy (non-hydrogen) atoms. The van der Waals surface area contributed by atoms with Gasteiger partial charge in [-0.05, 0) is 73.7 Å². The van der Waals surface area contributed by atoms with Crippen LogP contribution in [0.15, 0.2) is 39.9 Å². The minimum atomic E-state index is -0.416. The zero-order valence-electron chi connectivity index (χ0n) is 17.0. The van der Waals surface area contributed by atoms with Gasteiger partial charge >= 0.3 is 0 Å². The maximum absolute atomic E-state index is 12.7. The Hall–Kier alpha value is -2.29. The number of fused-ring (bicyclic) bond motifs is 1. The molecule has 0 unspecified atom stereocenters. The molecular weight excluding hydrogens is 438 g/mol. The minimum Gasteiger partial charge on any atom is -0.318 e. The molecule has 1 aromatic heterocycles. The summed E-state index contributed by atoms with van der Waals surface area (Å²) >= 11 is 9.12. The van der Waals surface area contributed by atoms with Crippen LogP contribution in [0, 0.1) is 26.2 Å². The molecule has 2 aliphatic heterocycles. The fraction of sp³-hybridized carbons (Fsp3) is 0.238. The zero-order valence-corrected chi connectivity index (χ0v) is 19.4. The van der Waals surface area contributed by atoms with Gasteiger partial charge < -0.3 is 4.57 Å². The number of rotatable bonds is 3. The van der Waals surface area contributed by atoms with Crippen LogP contribution >= 0.6 is 35.1 Å². The molecule has 2 aliphatic rings. The number of aromatic nitrogens is 1. The van der Waals surface area contributed by atoms with Gasteiger partial charge in [0.15, 0.2) is 10.2 Å². The number of hydrogen-bond acceptors (Lipinski definition) is 5. The Morgan fingerprint density at radius 3 is 2.77 bits per heavy atom. The summed E-state index contributed by atoms with van der Waals surface area (Å²) in [6, 6.07) is 7.79. The van der Waals surface area contributed by atoms with Crippen molar-refractivity contribution in [3.8, 4) is 5.69 Å². The van der Waals surface area contributed by atoms with Crippen molar-refractivity contribution in [1.82, 2.24) is 9.58 Å². The number of aliphatic imine (C=N–C) groups is 1. The number of carbonyl (C=O) groups excluding carboxylic acids is 1. The predicted molar refractivity (Wildman–Crippen MR) is 128 cm³/mol. The van der Waals surface area contributed by atoms with Gasteiger partial charge in [0.1, 0.15) is 0 Å². The number of hydrogen-bond donors (Lipinski definition) is 1. The molecule has 1 amide bonds. The number of amidine groups is 2. The standard InChI is InChI=1S/C21H20ClN5OS2/c1-5-29-21-25-27-18(23)16(19(28)24-20(27)30-21)9-14-8-12(3)26(13(14)4)17-10-15(22)7-6-11(17)2/h6-10,23H,5H2,1-4H3. The summed E-state index contributed by atoms with van der Waals surface area (Å²) in [6.07, 6.45) is 1.73. The van der Waals surface area contributed by atoms with E-state index in [1.165, 1.54) is 16.8 Å². The monoisotopic (exact) mass is 457 g/mol. The molecule has 0 spiro atoms. The van der Waals surface area contributed by atoms with Crippen LogP contribution in [0.3, 0.4) is 0 Å². The maximum Gasteiger partial charge on any atom is 0.283 e. The van der Waals surface area contributed by atoms with E-state index in [9.17, 15) is 4.79 Å².